The molecule has 5 rings (SSSR count). The molecular formula is C40H53N5O4. The van der Waals surface area contributed by atoms with Crippen LogP contribution in [-0.2, 0) is 29.2 Å². The summed E-state index contributed by atoms with van der Waals surface area (Å²) >= 11 is 0. The smallest absolute Gasteiger partial charge is 0.318 e. The first-order valence-electron chi connectivity index (χ1n) is 18.0. The highest BCUT2D eigenvalue weighted by atomic mass is 16.5. The molecule has 0 unspecified atom stereocenters. The molecule has 0 bridgehead atoms. The van der Waals surface area contributed by atoms with Gasteiger partial charge < -0.3 is 25.2 Å². The summed E-state index contributed by atoms with van der Waals surface area (Å²) in [6, 6.07) is 26.4. The topological polar surface area (TPSA) is 94.2 Å². The molecule has 262 valence electrons. The number of hydrogen-bond donors (Lipinski definition) is 2. The first-order valence-corrected chi connectivity index (χ1v) is 18.0. The SMILES string of the molecule is CC(C)C[C@H](NC(=O)N1CCCCCC1)C(=O)N[C@@H](Cc1ccc(OCc2ccccc2)cc1)C(=O)N1CCN(Cc2ccccc2)CC1. The normalized spacial score (nSPS) is 16.8. The number of hydrogen-bond acceptors (Lipinski definition) is 5. The van der Waals surface area contributed by atoms with E-state index in [-0.39, 0.29) is 23.8 Å². The van der Waals surface area contributed by atoms with Gasteiger partial charge in [-0.05, 0) is 54.0 Å². The number of amides is 4. The van der Waals surface area contributed by atoms with Gasteiger partial charge in [0.2, 0.25) is 11.8 Å². The predicted octanol–water partition coefficient (Wildman–Crippen LogP) is 5.64. The standard InChI is InChI=1S/C40H53N5O4/c1-31(2)27-36(42-40(48)45-21-11-3-4-12-22-45)38(46)41-37(28-32-17-19-35(20-18-32)49-30-34-15-9-6-10-16-34)39(47)44-25-23-43(24-26-44)29-33-13-7-5-8-14-33/h5-10,13-20,31,36-37H,3-4,11-12,21-30H2,1-2H3,(H,41,46)(H,42,48)/t36-,37-/m0/s1. The lowest BCUT2D eigenvalue weighted by atomic mass is 10.0. The lowest BCUT2D eigenvalue weighted by Crippen LogP contribution is -2.58. The van der Waals surface area contributed by atoms with Gasteiger partial charge >= 0.3 is 6.03 Å². The summed E-state index contributed by atoms with van der Waals surface area (Å²) in [6.07, 6.45) is 4.99. The molecule has 3 aromatic rings. The molecule has 0 radical (unpaired) electrons. The number of nitrogens with zero attached hydrogens (tertiary/aromatic N) is 3. The number of benzene rings is 3. The predicted molar refractivity (Wildman–Crippen MR) is 193 cm³/mol. The van der Waals surface area contributed by atoms with Gasteiger partial charge in [-0.15, -0.1) is 0 Å². The second kappa shape index (κ2) is 18.4. The summed E-state index contributed by atoms with van der Waals surface area (Å²) in [5, 5.41) is 6.12. The van der Waals surface area contributed by atoms with Crippen molar-refractivity contribution < 1.29 is 19.1 Å². The van der Waals surface area contributed by atoms with Gasteiger partial charge in [-0.2, -0.15) is 0 Å². The number of rotatable bonds is 13. The van der Waals surface area contributed by atoms with Crippen molar-refractivity contribution in [1.29, 1.82) is 0 Å². The molecule has 2 heterocycles. The van der Waals surface area contributed by atoms with Crippen molar-refractivity contribution in [3.05, 3.63) is 102 Å². The van der Waals surface area contributed by atoms with Crippen LogP contribution >= 0.6 is 0 Å². The lowest BCUT2D eigenvalue weighted by Gasteiger charge is -2.37. The Hall–Kier alpha value is -4.37. The molecule has 2 N–H and O–H groups in total. The summed E-state index contributed by atoms with van der Waals surface area (Å²) < 4.78 is 5.98. The molecule has 0 aromatic heterocycles. The summed E-state index contributed by atoms with van der Waals surface area (Å²) in [7, 11) is 0. The first kappa shape index (κ1) is 35.9. The number of carbonyl (C=O) groups excluding carboxylic acids is 3. The molecule has 2 saturated heterocycles. The van der Waals surface area contributed by atoms with Crippen LogP contribution in [0.15, 0.2) is 84.9 Å². The van der Waals surface area contributed by atoms with Crippen molar-refractivity contribution in [1.82, 2.24) is 25.3 Å². The van der Waals surface area contributed by atoms with Crippen molar-refractivity contribution in [2.75, 3.05) is 39.3 Å². The minimum atomic E-state index is -0.769. The zero-order chi connectivity index (χ0) is 34.4. The van der Waals surface area contributed by atoms with Gasteiger partial charge in [-0.1, -0.05) is 99.5 Å². The van der Waals surface area contributed by atoms with Crippen molar-refractivity contribution in [3.63, 3.8) is 0 Å². The molecule has 49 heavy (non-hydrogen) atoms. The second-order valence-corrected chi connectivity index (χ2v) is 13.8. The summed E-state index contributed by atoms with van der Waals surface area (Å²) in [6.45, 7) is 9.48. The van der Waals surface area contributed by atoms with Crippen LogP contribution in [0.25, 0.3) is 0 Å². The summed E-state index contributed by atoms with van der Waals surface area (Å²) in [5.74, 6) is 0.498. The van der Waals surface area contributed by atoms with E-state index in [2.05, 4.69) is 27.7 Å². The third-order valence-electron chi connectivity index (χ3n) is 9.37. The van der Waals surface area contributed by atoms with Gasteiger partial charge in [0.1, 0.15) is 24.4 Å². The van der Waals surface area contributed by atoms with Gasteiger partial charge in [0.15, 0.2) is 0 Å². The summed E-state index contributed by atoms with van der Waals surface area (Å²) in [4.78, 5) is 47.4. The molecule has 3 aromatic carbocycles. The van der Waals surface area contributed by atoms with Crippen molar-refractivity contribution in [3.8, 4) is 5.75 Å². The monoisotopic (exact) mass is 667 g/mol. The van der Waals surface area contributed by atoms with Crippen LogP contribution in [0.3, 0.4) is 0 Å². The van der Waals surface area contributed by atoms with Crippen LogP contribution in [-0.4, -0.2) is 83.9 Å². The number of likely N-dealkylation sites (tertiary alicyclic amines) is 1. The Morgan fingerprint density at radius 1 is 0.653 bits per heavy atom. The molecule has 9 nitrogen and oxygen atoms in total. The maximum absolute atomic E-state index is 14.2. The van der Waals surface area contributed by atoms with E-state index in [0.29, 0.717) is 45.6 Å². The van der Waals surface area contributed by atoms with Gasteiger partial charge in [-0.3, -0.25) is 14.5 Å². The second-order valence-electron chi connectivity index (χ2n) is 13.8. The van der Waals surface area contributed by atoms with Crippen LogP contribution in [0.1, 0.15) is 62.6 Å². The van der Waals surface area contributed by atoms with Gasteiger partial charge in [0.05, 0.1) is 0 Å². The maximum atomic E-state index is 14.2. The average Bonchev–Trinajstić information content (AvgIpc) is 3.42. The average molecular weight is 668 g/mol. The summed E-state index contributed by atoms with van der Waals surface area (Å²) in [5.41, 5.74) is 3.26. The van der Waals surface area contributed by atoms with E-state index >= 15 is 0 Å². The van der Waals surface area contributed by atoms with Crippen LogP contribution < -0.4 is 15.4 Å². The fourth-order valence-corrected chi connectivity index (χ4v) is 6.58. The van der Waals surface area contributed by atoms with Crippen LogP contribution in [0.4, 0.5) is 4.79 Å². The van der Waals surface area contributed by atoms with E-state index in [1.165, 1.54) is 5.56 Å². The number of nitrogens with one attached hydrogen (secondary N) is 2. The van der Waals surface area contributed by atoms with Crippen LogP contribution in [0.2, 0.25) is 0 Å². The first-order chi connectivity index (χ1) is 23.8. The van der Waals surface area contributed by atoms with Gasteiger partial charge in [0.25, 0.3) is 0 Å². The minimum absolute atomic E-state index is 0.0979. The number of urea groups is 1. The Labute approximate surface area is 292 Å². The third kappa shape index (κ3) is 11.3. The molecule has 0 saturated carbocycles. The highest BCUT2D eigenvalue weighted by molar-refractivity contribution is 5.92. The fourth-order valence-electron chi connectivity index (χ4n) is 6.58. The van der Waals surface area contributed by atoms with Crippen molar-refractivity contribution >= 4 is 17.8 Å². The van der Waals surface area contributed by atoms with Crippen molar-refractivity contribution in [2.45, 2.75) is 77.6 Å². The minimum Gasteiger partial charge on any atom is -0.489 e. The van der Waals surface area contributed by atoms with E-state index in [4.69, 9.17) is 4.74 Å². The molecule has 2 atom stereocenters. The Morgan fingerprint density at radius 2 is 1.27 bits per heavy atom. The molecule has 4 amide bonds. The Kier molecular flexibility index (Phi) is 13.5. The van der Waals surface area contributed by atoms with E-state index in [1.54, 1.807) is 0 Å². The Morgan fingerprint density at radius 3 is 1.88 bits per heavy atom. The third-order valence-corrected chi connectivity index (χ3v) is 9.37. The zero-order valence-corrected chi connectivity index (χ0v) is 29.2. The van der Waals surface area contributed by atoms with Crippen LogP contribution in [0, 0.1) is 5.92 Å². The number of carbonyl (C=O) groups is 3. The quantitative estimate of drug-likeness (QED) is 0.246. The van der Waals surface area contributed by atoms with E-state index < -0.39 is 12.1 Å². The molecule has 2 aliphatic heterocycles. The highest BCUT2D eigenvalue weighted by Gasteiger charge is 2.32. The molecule has 2 fully saturated rings. The van der Waals surface area contributed by atoms with Crippen LogP contribution in [0.5, 0.6) is 5.75 Å². The highest BCUT2D eigenvalue weighted by Crippen LogP contribution is 2.18. The zero-order valence-electron chi connectivity index (χ0n) is 29.2. The van der Waals surface area contributed by atoms with Crippen molar-refractivity contribution in [2.24, 2.45) is 5.92 Å². The Bertz CT molecular complexity index is 1450. The maximum Gasteiger partial charge on any atom is 0.318 e. The Balaban J connectivity index is 1.26. The largest absolute Gasteiger partial charge is 0.489 e. The molecule has 0 spiro atoms. The molecule has 9 heteroatoms. The lowest BCUT2D eigenvalue weighted by molar-refractivity contribution is -0.138. The van der Waals surface area contributed by atoms with E-state index in [1.807, 2.05) is 96.4 Å². The van der Waals surface area contributed by atoms with E-state index in [9.17, 15) is 14.4 Å². The fraction of sp³-hybridized carbons (Fsp3) is 0.475. The van der Waals surface area contributed by atoms with E-state index in [0.717, 1.165) is 62.2 Å². The molecule has 2 aliphatic rings. The number of ether oxygens (including phenoxy) is 1. The molecule has 0 aliphatic carbocycles. The number of piperazine rings is 1. The van der Waals surface area contributed by atoms with Gasteiger partial charge in [-0.25, -0.2) is 4.79 Å². The molecular weight excluding hydrogens is 614 g/mol. The van der Waals surface area contributed by atoms with Gasteiger partial charge in [0, 0.05) is 52.2 Å².